The smallest absolute Gasteiger partial charge is 0.228 e. The van der Waals surface area contributed by atoms with Gasteiger partial charge in [-0.3, -0.25) is 19.9 Å². The second kappa shape index (κ2) is 12.8. The van der Waals surface area contributed by atoms with Crippen molar-refractivity contribution in [2.45, 2.75) is 6.42 Å². The number of hydrogen-bond donors (Lipinski definition) is 4. The van der Waals surface area contributed by atoms with Gasteiger partial charge in [0.1, 0.15) is 17.0 Å². The van der Waals surface area contributed by atoms with Crippen molar-refractivity contribution < 1.29 is 9.18 Å². The SMILES string of the molecule is CN(C)CCNc1cc(F)cc(-c2nccc3[nH]c(-c4[nH]nc5ncc(-c6cncc(NC(=O)Cc7ccccc7)c6)cc45)nc23)c1. The van der Waals surface area contributed by atoms with E-state index in [0.29, 0.717) is 51.9 Å². The largest absolute Gasteiger partial charge is 0.384 e. The molecule has 2 aromatic carbocycles. The lowest BCUT2D eigenvalue weighted by Crippen LogP contribution is -2.20. The highest BCUT2D eigenvalue weighted by Gasteiger charge is 2.18. The molecule has 7 aromatic rings. The highest BCUT2D eigenvalue weighted by Crippen LogP contribution is 2.33. The van der Waals surface area contributed by atoms with Gasteiger partial charge >= 0.3 is 0 Å². The van der Waals surface area contributed by atoms with Gasteiger partial charge in [0.05, 0.1) is 34.9 Å². The van der Waals surface area contributed by atoms with Crippen LogP contribution in [-0.4, -0.2) is 73.1 Å². The molecule has 0 fully saturated rings. The number of rotatable bonds is 10. The lowest BCUT2D eigenvalue weighted by molar-refractivity contribution is -0.115. The monoisotopic (exact) mass is 626 g/mol. The van der Waals surface area contributed by atoms with Crippen molar-refractivity contribution >= 4 is 39.3 Å². The van der Waals surface area contributed by atoms with Crippen LogP contribution in [0.2, 0.25) is 0 Å². The molecule has 0 saturated carbocycles. The van der Waals surface area contributed by atoms with Crippen LogP contribution < -0.4 is 10.6 Å². The second-order valence-corrected chi connectivity index (χ2v) is 11.5. The van der Waals surface area contributed by atoms with Crippen molar-refractivity contribution in [1.29, 1.82) is 0 Å². The van der Waals surface area contributed by atoms with Crippen LogP contribution in [0.15, 0.2) is 91.5 Å². The minimum absolute atomic E-state index is 0.130. The third-order valence-electron chi connectivity index (χ3n) is 7.67. The molecule has 0 bridgehead atoms. The van der Waals surface area contributed by atoms with Crippen LogP contribution >= 0.6 is 0 Å². The molecule has 5 aromatic heterocycles. The van der Waals surface area contributed by atoms with E-state index in [2.05, 4.69) is 45.7 Å². The zero-order valence-corrected chi connectivity index (χ0v) is 25.8. The highest BCUT2D eigenvalue weighted by molar-refractivity contribution is 5.97. The lowest BCUT2D eigenvalue weighted by atomic mass is 10.1. The van der Waals surface area contributed by atoms with Crippen LogP contribution in [0.3, 0.4) is 0 Å². The molecular weight excluding hydrogens is 595 g/mol. The van der Waals surface area contributed by atoms with Gasteiger partial charge in [-0.25, -0.2) is 14.4 Å². The second-order valence-electron chi connectivity index (χ2n) is 11.5. The topological polar surface area (TPSA) is 140 Å². The predicted molar refractivity (Wildman–Crippen MR) is 181 cm³/mol. The number of benzene rings is 2. The number of nitrogens with zero attached hydrogens (tertiary/aromatic N) is 6. The van der Waals surface area contributed by atoms with E-state index >= 15 is 0 Å². The summed E-state index contributed by atoms with van der Waals surface area (Å²) in [6.07, 6.45) is 6.99. The standard InChI is InChI=1S/C35H31FN10O/c1-46(2)11-10-38-26-14-22(13-25(36)17-26)31-33-29(8-9-39-31)42-35(43-33)32-28-16-24(19-40-34(28)45-44-32)23-15-27(20-37-18-23)41-30(47)12-21-6-4-3-5-7-21/h3-9,13-20,38H,10-12H2,1-2H3,(H,41,47)(H,42,43)(H,40,44,45). The molecular formula is C35H31FN10O. The molecule has 0 unspecified atom stereocenters. The number of carbonyl (C=O) groups is 1. The fourth-order valence-electron chi connectivity index (χ4n) is 5.41. The summed E-state index contributed by atoms with van der Waals surface area (Å²) in [7, 11) is 3.98. The molecule has 11 nitrogen and oxygen atoms in total. The zero-order valence-electron chi connectivity index (χ0n) is 25.8. The Morgan fingerprint density at radius 1 is 0.915 bits per heavy atom. The van der Waals surface area contributed by atoms with E-state index in [1.807, 2.05) is 68.7 Å². The summed E-state index contributed by atoms with van der Waals surface area (Å²) < 4.78 is 14.7. The van der Waals surface area contributed by atoms with E-state index in [4.69, 9.17) is 4.98 Å². The molecule has 0 aliphatic rings. The number of hydrogen-bond acceptors (Lipinski definition) is 8. The first-order chi connectivity index (χ1) is 22.9. The number of aromatic nitrogens is 7. The van der Waals surface area contributed by atoms with Crippen molar-refractivity contribution in [3.05, 3.63) is 103 Å². The number of halogens is 1. The first-order valence-corrected chi connectivity index (χ1v) is 15.1. The van der Waals surface area contributed by atoms with Crippen molar-refractivity contribution in [3.63, 3.8) is 0 Å². The minimum atomic E-state index is -0.364. The fraction of sp³-hybridized carbons (Fsp3) is 0.143. The van der Waals surface area contributed by atoms with Gasteiger partial charge in [-0.2, -0.15) is 5.10 Å². The maximum atomic E-state index is 14.7. The van der Waals surface area contributed by atoms with E-state index in [1.54, 1.807) is 24.8 Å². The molecule has 0 aliphatic heterocycles. The summed E-state index contributed by atoms with van der Waals surface area (Å²) in [5.74, 6) is 0.0445. The number of pyridine rings is 3. The number of imidazole rings is 1. The van der Waals surface area contributed by atoms with Gasteiger partial charge in [0.15, 0.2) is 11.5 Å². The van der Waals surface area contributed by atoms with Crippen LogP contribution in [0.5, 0.6) is 0 Å². The Hall–Kier alpha value is -6.01. The Morgan fingerprint density at radius 3 is 2.60 bits per heavy atom. The van der Waals surface area contributed by atoms with Gasteiger partial charge in [0, 0.05) is 54.1 Å². The molecule has 0 atom stereocenters. The number of aromatic amines is 2. The van der Waals surface area contributed by atoms with Gasteiger partial charge < -0.3 is 20.5 Å². The molecule has 12 heteroatoms. The quantitative estimate of drug-likeness (QED) is 0.147. The minimum Gasteiger partial charge on any atom is -0.384 e. The van der Waals surface area contributed by atoms with Crippen LogP contribution in [0.25, 0.3) is 56.0 Å². The Bertz CT molecular complexity index is 2210. The molecule has 4 N–H and O–H groups in total. The maximum absolute atomic E-state index is 14.7. The molecule has 234 valence electrons. The molecule has 47 heavy (non-hydrogen) atoms. The highest BCUT2D eigenvalue weighted by atomic mass is 19.1. The average molecular weight is 627 g/mol. The molecule has 7 rings (SSSR count). The van der Waals surface area contributed by atoms with Crippen LogP contribution in [0, 0.1) is 5.82 Å². The van der Waals surface area contributed by atoms with Crippen molar-refractivity contribution in [1.82, 2.24) is 40.0 Å². The summed E-state index contributed by atoms with van der Waals surface area (Å²) in [4.78, 5) is 36.4. The van der Waals surface area contributed by atoms with Gasteiger partial charge in [-0.15, -0.1) is 0 Å². The third kappa shape index (κ3) is 6.53. The summed E-state index contributed by atoms with van der Waals surface area (Å²) in [5.41, 5.74) is 7.42. The van der Waals surface area contributed by atoms with Gasteiger partial charge in [-0.1, -0.05) is 30.3 Å². The Labute approximate surface area is 269 Å². The number of nitrogens with one attached hydrogen (secondary N) is 4. The number of amides is 1. The normalized spacial score (nSPS) is 11.4. The molecule has 1 amide bonds. The molecule has 0 radical (unpaired) electrons. The summed E-state index contributed by atoms with van der Waals surface area (Å²) in [6.45, 7) is 1.48. The molecule has 0 spiro atoms. The lowest BCUT2D eigenvalue weighted by Gasteiger charge is -2.12. The zero-order chi connectivity index (χ0) is 32.3. The van der Waals surface area contributed by atoms with Crippen LogP contribution in [0.1, 0.15) is 5.56 Å². The van der Waals surface area contributed by atoms with Crippen LogP contribution in [0.4, 0.5) is 15.8 Å². The molecule has 0 saturated heterocycles. The number of H-pyrrole nitrogens is 2. The van der Waals surface area contributed by atoms with E-state index < -0.39 is 0 Å². The van der Waals surface area contributed by atoms with Crippen LogP contribution in [-0.2, 0) is 11.2 Å². The van der Waals surface area contributed by atoms with Gasteiger partial charge in [-0.05, 0) is 56.1 Å². The van der Waals surface area contributed by atoms with Crippen molar-refractivity contribution in [3.8, 4) is 33.9 Å². The van der Waals surface area contributed by atoms with E-state index in [1.165, 1.54) is 12.1 Å². The summed E-state index contributed by atoms with van der Waals surface area (Å²) in [5, 5.41) is 14.4. The first kappa shape index (κ1) is 29.7. The Morgan fingerprint density at radius 2 is 1.74 bits per heavy atom. The molecule has 5 heterocycles. The van der Waals surface area contributed by atoms with Gasteiger partial charge in [0.2, 0.25) is 5.91 Å². The number of likely N-dealkylation sites (N-methyl/N-ethyl adjacent to an activating group) is 1. The van der Waals surface area contributed by atoms with E-state index in [9.17, 15) is 9.18 Å². The molecule has 0 aliphatic carbocycles. The maximum Gasteiger partial charge on any atom is 0.228 e. The van der Waals surface area contributed by atoms with E-state index in [-0.39, 0.29) is 18.1 Å². The number of anilines is 2. The Balaban J connectivity index is 1.18. The summed E-state index contributed by atoms with van der Waals surface area (Å²) >= 11 is 0. The van der Waals surface area contributed by atoms with Crippen molar-refractivity contribution in [2.75, 3.05) is 37.8 Å². The Kier molecular flexibility index (Phi) is 8.07. The summed E-state index contributed by atoms with van der Waals surface area (Å²) in [6, 6.07) is 20.0. The number of carbonyl (C=O) groups excluding carboxylic acids is 1. The third-order valence-corrected chi connectivity index (χ3v) is 7.67. The average Bonchev–Trinajstić information content (AvgIpc) is 3.69. The number of fused-ring (bicyclic) bond motifs is 2. The van der Waals surface area contributed by atoms with Gasteiger partial charge in [0.25, 0.3) is 0 Å². The van der Waals surface area contributed by atoms with E-state index in [0.717, 1.165) is 34.1 Å². The fourth-order valence-corrected chi connectivity index (χ4v) is 5.41. The first-order valence-electron chi connectivity index (χ1n) is 15.1. The predicted octanol–water partition coefficient (Wildman–Crippen LogP) is 5.92. The van der Waals surface area contributed by atoms with Crippen molar-refractivity contribution in [2.24, 2.45) is 0 Å².